The van der Waals surface area contributed by atoms with Gasteiger partial charge in [0.25, 0.3) is 5.91 Å². The number of carbonyl (C=O) groups is 4. The highest BCUT2D eigenvalue weighted by Gasteiger charge is 2.19. The second-order valence-corrected chi connectivity index (χ2v) is 11.2. The van der Waals surface area contributed by atoms with Crippen molar-refractivity contribution < 1.29 is 60.3 Å². The molecule has 0 saturated heterocycles. The van der Waals surface area contributed by atoms with Crippen molar-refractivity contribution >= 4 is 40.6 Å². The second kappa shape index (κ2) is 19.5. The Bertz CT molecular complexity index is 1740. The van der Waals surface area contributed by atoms with Crippen molar-refractivity contribution in [2.45, 2.75) is 44.6 Å². The number of halogens is 1. The van der Waals surface area contributed by atoms with Gasteiger partial charge >= 0.3 is 11.9 Å². The Hall–Kier alpha value is -5.51. The van der Waals surface area contributed by atoms with E-state index in [0.717, 1.165) is 0 Å². The van der Waals surface area contributed by atoms with E-state index in [2.05, 4.69) is 20.9 Å². The number of rotatable bonds is 18. The van der Waals surface area contributed by atoms with Crippen LogP contribution in [0.2, 0.25) is 0 Å². The first kappa shape index (κ1) is 38.9. The maximum atomic E-state index is 13.2. The summed E-state index contributed by atoms with van der Waals surface area (Å²) in [5.41, 5.74) is 11.6. The highest BCUT2D eigenvalue weighted by molar-refractivity contribution is 5.86. The van der Waals surface area contributed by atoms with E-state index in [9.17, 15) is 29.1 Å². The van der Waals surface area contributed by atoms with Crippen molar-refractivity contribution in [3.8, 4) is 28.4 Å². The van der Waals surface area contributed by atoms with Crippen LogP contribution in [0.25, 0.3) is 22.1 Å². The summed E-state index contributed by atoms with van der Waals surface area (Å²) < 4.78 is 22.4. The van der Waals surface area contributed by atoms with Crippen LogP contribution in [0.5, 0.6) is 17.2 Å². The third-order valence-corrected chi connectivity index (χ3v) is 7.45. The van der Waals surface area contributed by atoms with Gasteiger partial charge in [0.2, 0.25) is 11.8 Å². The molecule has 1 atom stereocenters. The Balaban J connectivity index is 0.00000676. The normalized spacial score (nSPS) is 12.2. The van der Waals surface area contributed by atoms with E-state index < -0.39 is 17.9 Å². The number of fused-ring (bicyclic) bond motifs is 2. The third kappa shape index (κ3) is 11.9. The molecule has 3 aromatic rings. The summed E-state index contributed by atoms with van der Waals surface area (Å²) in [6, 6.07) is 8.86. The molecule has 16 nitrogen and oxygen atoms in total. The van der Waals surface area contributed by atoms with E-state index >= 15 is 0 Å². The van der Waals surface area contributed by atoms with Gasteiger partial charge in [-0.3, -0.25) is 35.6 Å². The fraction of sp³-hybridized carbons (Fsp3) is 0.394. The van der Waals surface area contributed by atoms with Gasteiger partial charge in [-0.2, -0.15) is 0 Å². The third-order valence-electron chi connectivity index (χ3n) is 7.45. The minimum atomic E-state index is -1.12. The molecule has 270 valence electrons. The van der Waals surface area contributed by atoms with Crippen LogP contribution in [0.4, 0.5) is 0 Å². The molecule has 50 heavy (non-hydrogen) atoms. The molecule has 0 aliphatic carbocycles. The van der Waals surface area contributed by atoms with Gasteiger partial charge in [0.15, 0.2) is 23.5 Å². The molecule has 1 aromatic heterocycles. The second-order valence-electron chi connectivity index (χ2n) is 11.2. The number of nitrogens with two attached hydrogens (primary N) is 2. The molecule has 2 aromatic carbocycles. The highest BCUT2D eigenvalue weighted by Crippen LogP contribution is 2.34. The average Bonchev–Trinajstić information content (AvgIpc) is 3.08. The fourth-order valence-electron chi connectivity index (χ4n) is 4.93. The number of hydrogen-bond acceptors (Lipinski definition) is 9. The molecule has 4 rings (SSSR count). The van der Waals surface area contributed by atoms with E-state index in [4.69, 9.17) is 30.1 Å². The molecule has 0 unspecified atom stereocenters. The van der Waals surface area contributed by atoms with Crippen molar-refractivity contribution in [2.24, 2.45) is 11.5 Å². The number of aliphatic carboxylic acids is 1. The van der Waals surface area contributed by atoms with Crippen LogP contribution in [0.1, 0.15) is 38.5 Å². The lowest BCUT2D eigenvalue weighted by molar-refractivity contribution is -0.459. The molecule has 9 N–H and O–H groups in total. The molecule has 0 bridgehead atoms. The van der Waals surface area contributed by atoms with Gasteiger partial charge in [0, 0.05) is 19.0 Å². The van der Waals surface area contributed by atoms with Gasteiger partial charge in [-0.1, -0.05) is 12.5 Å². The summed E-state index contributed by atoms with van der Waals surface area (Å²) in [4.78, 5) is 63.7. The summed E-state index contributed by atoms with van der Waals surface area (Å²) in [5.74, 6) is -0.871. The van der Waals surface area contributed by atoms with Crippen LogP contribution >= 0.6 is 0 Å². The number of carboxylic acid groups (broad SMARTS) is 1. The molecule has 0 spiro atoms. The summed E-state index contributed by atoms with van der Waals surface area (Å²) in [5, 5.41) is 17.3. The first-order chi connectivity index (χ1) is 23.6. The monoisotopic (exact) mass is 716 g/mol. The number of unbranched alkanes of at least 4 members (excludes halogenated alkanes) is 2. The Kier molecular flexibility index (Phi) is 15.2. The Labute approximate surface area is 293 Å². The largest absolute Gasteiger partial charge is 1.00 e. The van der Waals surface area contributed by atoms with Crippen LogP contribution in [-0.2, 0) is 19.2 Å². The van der Waals surface area contributed by atoms with E-state index in [-0.39, 0.29) is 67.2 Å². The van der Waals surface area contributed by atoms with E-state index in [1.54, 1.807) is 30.3 Å². The maximum Gasteiger partial charge on any atom is 0.338 e. The lowest BCUT2D eigenvalue weighted by Crippen LogP contribution is -3.00. The van der Waals surface area contributed by atoms with Gasteiger partial charge in [0.05, 0.1) is 24.0 Å². The lowest BCUT2D eigenvalue weighted by atomic mass is 10.0. The van der Waals surface area contributed by atoms with Crippen molar-refractivity contribution in [1.29, 1.82) is 0 Å². The molecule has 0 radical (unpaired) electrons. The molecule has 0 saturated carbocycles. The number of benzene rings is 2. The quantitative estimate of drug-likeness (QED) is 0.0379. The minimum Gasteiger partial charge on any atom is -1.00 e. The number of hydrogen-bond donors (Lipinski definition) is 7. The van der Waals surface area contributed by atoms with E-state index in [0.29, 0.717) is 85.7 Å². The highest BCUT2D eigenvalue weighted by atomic mass is 35.5. The van der Waals surface area contributed by atoms with Crippen LogP contribution in [0, 0.1) is 0 Å². The molecular weight excluding hydrogens is 676 g/mol. The zero-order valence-corrected chi connectivity index (χ0v) is 28.0. The van der Waals surface area contributed by atoms with Crippen molar-refractivity contribution in [1.82, 2.24) is 16.0 Å². The zero-order chi connectivity index (χ0) is 35.2. The van der Waals surface area contributed by atoms with Crippen molar-refractivity contribution in [3.63, 3.8) is 0 Å². The number of guanidine groups is 1. The Morgan fingerprint density at radius 2 is 1.70 bits per heavy atom. The van der Waals surface area contributed by atoms with E-state index in [1.165, 1.54) is 12.3 Å². The molecular formula is C33H41ClN6O10. The first-order valence-corrected chi connectivity index (χ1v) is 15.9. The summed E-state index contributed by atoms with van der Waals surface area (Å²) >= 11 is 0. The summed E-state index contributed by atoms with van der Waals surface area (Å²) in [6.45, 7) is 1.02. The smallest absolute Gasteiger partial charge is 0.338 e. The van der Waals surface area contributed by atoms with Crippen LogP contribution in [0.3, 0.4) is 0 Å². The SMILES string of the molecule is NC(N)=[NH+]CCC[C@H](NC(=O)CCCCCNC(=O)CNC(=O)COc1ccc2c(=O)c(-c3ccc4c(c3)OCCO4)coc2c1)C(=O)O.[Cl-]. The standard InChI is InChI=1S/C33H40N6O10.ClH/c34-33(35)37-12-4-5-24(32(44)45)39-28(40)6-2-1-3-11-36-29(41)17-38-30(42)19-48-21-8-9-22-26(16-21)49-18-23(31(22)43)20-7-10-25-27(15-20)47-14-13-46-25;/h7-10,15-16,18,24H,1-6,11-14,17,19H2,(H,36,41)(H,38,42)(H,39,40)(H,44,45)(H4,34,35,37);1H/t24-;/m0./s1. The van der Waals surface area contributed by atoms with Gasteiger partial charge < -0.3 is 52.1 Å². The van der Waals surface area contributed by atoms with Crippen molar-refractivity contribution in [2.75, 3.05) is 39.5 Å². The van der Waals surface area contributed by atoms with Gasteiger partial charge in [0.1, 0.15) is 36.9 Å². The first-order valence-electron chi connectivity index (χ1n) is 15.9. The molecule has 17 heteroatoms. The molecule has 2 heterocycles. The Morgan fingerprint density at radius 1 is 0.920 bits per heavy atom. The van der Waals surface area contributed by atoms with Gasteiger partial charge in [-0.15, -0.1) is 0 Å². The predicted octanol–water partition coefficient (Wildman–Crippen LogP) is -3.89. The number of carbonyl (C=O) groups excluding carboxylic acids is 3. The van der Waals surface area contributed by atoms with Gasteiger partial charge in [-0.05, 0) is 55.5 Å². The minimum absolute atomic E-state index is 0. The average molecular weight is 717 g/mol. The Morgan fingerprint density at radius 3 is 2.46 bits per heavy atom. The van der Waals surface area contributed by atoms with Crippen LogP contribution in [-0.4, -0.2) is 80.3 Å². The lowest BCUT2D eigenvalue weighted by Gasteiger charge is -2.18. The number of carboxylic acids is 1. The van der Waals surface area contributed by atoms with Crippen molar-refractivity contribution in [3.05, 3.63) is 52.9 Å². The summed E-state index contributed by atoms with van der Waals surface area (Å²) in [6.07, 6.45) is 3.94. The molecule has 1 aliphatic rings. The molecule has 0 fully saturated rings. The van der Waals surface area contributed by atoms with E-state index in [1.807, 2.05) is 0 Å². The summed E-state index contributed by atoms with van der Waals surface area (Å²) in [7, 11) is 0. The topological polar surface area (TPSA) is 249 Å². The predicted molar refractivity (Wildman–Crippen MR) is 177 cm³/mol. The number of nitrogens with one attached hydrogen (secondary N) is 4. The zero-order valence-electron chi connectivity index (χ0n) is 27.3. The number of ether oxygens (including phenoxy) is 3. The van der Waals surface area contributed by atoms with Crippen LogP contribution < -0.4 is 64.5 Å². The van der Waals surface area contributed by atoms with Gasteiger partial charge in [-0.25, -0.2) is 4.79 Å². The molecule has 1 aliphatic heterocycles. The number of amides is 3. The molecule has 3 amide bonds. The fourth-order valence-corrected chi connectivity index (χ4v) is 4.93. The van der Waals surface area contributed by atoms with Crippen LogP contribution in [0.15, 0.2) is 51.9 Å². The maximum absolute atomic E-state index is 13.2.